The number of carbonyl (C=O) groups excluding carboxylic acids is 2. The van der Waals surface area contributed by atoms with E-state index in [4.69, 9.17) is 0 Å². The lowest BCUT2D eigenvalue weighted by molar-refractivity contribution is -0.204. The minimum atomic E-state index is -5.16. The van der Waals surface area contributed by atoms with E-state index in [-0.39, 0.29) is 0 Å². The van der Waals surface area contributed by atoms with Crippen LogP contribution in [0.4, 0.5) is 23.7 Å². The number of hydrogen-bond donors (Lipinski definition) is 2. The molecule has 1 aromatic rings. The summed E-state index contributed by atoms with van der Waals surface area (Å²) >= 11 is 0. The molecule has 0 aliphatic carbocycles. The maximum absolute atomic E-state index is 11.8. The molecule has 0 saturated heterocycles. The van der Waals surface area contributed by atoms with E-state index in [1.54, 1.807) is 24.3 Å². The Balaban J connectivity index is 2.45. The van der Waals surface area contributed by atoms with Crippen LogP contribution in [0.3, 0.4) is 0 Å². The lowest BCUT2D eigenvalue weighted by Gasteiger charge is -2.09. The van der Waals surface area contributed by atoms with Gasteiger partial charge in [-0.3, -0.25) is 0 Å². The Hall–Kier alpha value is -2.25. The zero-order chi connectivity index (χ0) is 14.5. The van der Waals surface area contributed by atoms with Crippen molar-refractivity contribution < 1.29 is 27.6 Å². The zero-order valence-corrected chi connectivity index (χ0v) is 9.88. The first-order valence-electron chi connectivity index (χ1n) is 5.27. The number of aryl methyl sites for hydroxylation is 1. The lowest BCUT2D eigenvalue weighted by Crippen LogP contribution is -2.36. The number of hydroxylamine groups is 1. The van der Waals surface area contributed by atoms with Gasteiger partial charge in [0.25, 0.3) is 0 Å². The van der Waals surface area contributed by atoms with Crippen molar-refractivity contribution in [1.29, 1.82) is 0 Å². The average molecular weight is 276 g/mol. The van der Waals surface area contributed by atoms with Gasteiger partial charge in [-0.25, -0.2) is 9.59 Å². The highest BCUT2D eigenvalue weighted by molar-refractivity contribution is 5.89. The van der Waals surface area contributed by atoms with Gasteiger partial charge in [-0.2, -0.15) is 18.7 Å². The van der Waals surface area contributed by atoms with Crippen molar-refractivity contribution in [3.8, 4) is 0 Å². The number of hydrogen-bond acceptors (Lipinski definition) is 3. The summed E-state index contributed by atoms with van der Waals surface area (Å²) in [5.41, 5.74) is 2.74. The molecule has 0 bridgehead atoms. The van der Waals surface area contributed by atoms with Crippen LogP contribution >= 0.6 is 0 Å². The van der Waals surface area contributed by atoms with E-state index in [0.717, 1.165) is 12.0 Å². The highest BCUT2D eigenvalue weighted by Gasteiger charge is 2.41. The smallest absolute Gasteiger partial charge is 0.331 e. The molecule has 0 spiro atoms. The number of alkyl halides is 3. The van der Waals surface area contributed by atoms with Crippen molar-refractivity contribution in [2.75, 3.05) is 5.32 Å². The number of benzene rings is 1. The zero-order valence-electron chi connectivity index (χ0n) is 9.88. The second-order valence-electron chi connectivity index (χ2n) is 3.49. The molecular weight excluding hydrogens is 265 g/mol. The van der Waals surface area contributed by atoms with Crippen molar-refractivity contribution in [3.05, 3.63) is 29.8 Å². The molecule has 0 fully saturated rings. The summed E-state index contributed by atoms with van der Waals surface area (Å²) in [5.74, 6) is -2.50. The van der Waals surface area contributed by atoms with Gasteiger partial charge in [0.2, 0.25) is 0 Å². The van der Waals surface area contributed by atoms with E-state index in [0.29, 0.717) is 5.69 Å². The Bertz CT molecular complexity index is 457. The van der Waals surface area contributed by atoms with E-state index in [9.17, 15) is 22.8 Å². The van der Waals surface area contributed by atoms with Crippen molar-refractivity contribution in [3.63, 3.8) is 0 Å². The van der Waals surface area contributed by atoms with Crippen LogP contribution in [0.2, 0.25) is 0 Å². The molecule has 0 heterocycles. The summed E-state index contributed by atoms with van der Waals surface area (Å²) in [4.78, 5) is 25.0. The van der Waals surface area contributed by atoms with Crippen LogP contribution in [0.25, 0.3) is 0 Å². The molecule has 0 radical (unpaired) electrons. The van der Waals surface area contributed by atoms with Crippen molar-refractivity contribution >= 4 is 17.7 Å². The normalized spacial score (nSPS) is 10.7. The van der Waals surface area contributed by atoms with E-state index >= 15 is 0 Å². The largest absolute Gasteiger partial charge is 0.493 e. The fourth-order valence-electron chi connectivity index (χ4n) is 1.13. The molecule has 104 valence electrons. The highest BCUT2D eigenvalue weighted by atomic mass is 19.4. The van der Waals surface area contributed by atoms with Crippen molar-refractivity contribution in [1.82, 2.24) is 5.48 Å². The van der Waals surface area contributed by atoms with Gasteiger partial charge in [-0.05, 0) is 24.1 Å². The van der Waals surface area contributed by atoms with Gasteiger partial charge in [-0.15, -0.1) is 0 Å². The predicted octanol–water partition coefficient (Wildman–Crippen LogP) is 2.39. The predicted molar refractivity (Wildman–Crippen MR) is 60.1 cm³/mol. The fourth-order valence-corrected chi connectivity index (χ4v) is 1.13. The molecule has 2 N–H and O–H groups in total. The number of nitrogens with one attached hydrogen (secondary N) is 2. The maximum Gasteiger partial charge on any atom is 0.493 e. The highest BCUT2D eigenvalue weighted by Crippen LogP contribution is 2.15. The number of urea groups is 1. The SMILES string of the molecule is CCc1ccc(NC(=O)NOC(=O)C(F)(F)F)cc1. The van der Waals surface area contributed by atoms with Gasteiger partial charge in [0.15, 0.2) is 0 Å². The van der Waals surface area contributed by atoms with Crippen LogP contribution < -0.4 is 10.8 Å². The molecule has 2 amide bonds. The standard InChI is InChI=1S/C11H11F3N2O3/c1-2-7-3-5-8(6-4-7)15-10(18)16-19-9(17)11(12,13)14/h3-6H,2H2,1H3,(H2,15,16,18). The summed E-state index contributed by atoms with van der Waals surface area (Å²) in [7, 11) is 0. The quantitative estimate of drug-likeness (QED) is 0.815. The topological polar surface area (TPSA) is 67.4 Å². The van der Waals surface area contributed by atoms with E-state index < -0.39 is 18.2 Å². The molecule has 0 atom stereocenters. The Kier molecular flexibility index (Phi) is 4.74. The van der Waals surface area contributed by atoms with E-state index in [1.807, 2.05) is 6.92 Å². The fraction of sp³-hybridized carbons (Fsp3) is 0.273. The van der Waals surface area contributed by atoms with Crippen LogP contribution in [0.1, 0.15) is 12.5 Å². The molecule has 0 aliphatic rings. The molecular formula is C11H11F3N2O3. The van der Waals surface area contributed by atoms with Gasteiger partial charge in [0.05, 0.1) is 0 Å². The maximum atomic E-state index is 11.8. The van der Waals surface area contributed by atoms with Crippen LogP contribution in [0, 0.1) is 0 Å². The second kappa shape index (κ2) is 6.07. The first-order valence-corrected chi connectivity index (χ1v) is 5.27. The van der Waals surface area contributed by atoms with Gasteiger partial charge in [0, 0.05) is 5.69 Å². The molecule has 19 heavy (non-hydrogen) atoms. The average Bonchev–Trinajstić information content (AvgIpc) is 2.35. The Morgan fingerprint density at radius 3 is 2.26 bits per heavy atom. The van der Waals surface area contributed by atoms with E-state index in [2.05, 4.69) is 10.2 Å². The first-order chi connectivity index (χ1) is 8.82. The monoisotopic (exact) mass is 276 g/mol. The number of anilines is 1. The van der Waals surface area contributed by atoms with Crippen molar-refractivity contribution in [2.24, 2.45) is 0 Å². The molecule has 1 aromatic carbocycles. The van der Waals surface area contributed by atoms with Crippen LogP contribution in [0.15, 0.2) is 24.3 Å². The van der Waals surface area contributed by atoms with Gasteiger partial charge < -0.3 is 10.2 Å². The lowest BCUT2D eigenvalue weighted by atomic mass is 10.1. The van der Waals surface area contributed by atoms with Gasteiger partial charge >= 0.3 is 18.2 Å². The van der Waals surface area contributed by atoms with Crippen LogP contribution in [-0.4, -0.2) is 18.2 Å². The molecule has 8 heteroatoms. The van der Waals surface area contributed by atoms with Gasteiger partial charge in [-0.1, -0.05) is 19.1 Å². The summed E-state index contributed by atoms with van der Waals surface area (Å²) < 4.78 is 35.3. The van der Waals surface area contributed by atoms with Gasteiger partial charge in [0.1, 0.15) is 0 Å². The van der Waals surface area contributed by atoms with Crippen LogP contribution in [-0.2, 0) is 16.1 Å². The molecule has 0 aromatic heterocycles. The summed E-state index contributed by atoms with van der Waals surface area (Å²) in [6, 6.07) is 5.56. The Morgan fingerprint density at radius 2 is 1.79 bits per heavy atom. The number of amides is 2. The third-order valence-corrected chi connectivity index (χ3v) is 2.09. The molecule has 5 nitrogen and oxygen atoms in total. The first kappa shape index (κ1) is 14.8. The second-order valence-corrected chi connectivity index (χ2v) is 3.49. The number of rotatable bonds is 2. The number of carbonyl (C=O) groups is 2. The van der Waals surface area contributed by atoms with E-state index in [1.165, 1.54) is 5.48 Å². The third kappa shape index (κ3) is 4.86. The minimum Gasteiger partial charge on any atom is -0.331 e. The summed E-state index contributed by atoms with van der Waals surface area (Å²) in [6.07, 6.45) is -4.34. The van der Waals surface area contributed by atoms with Crippen molar-refractivity contribution in [2.45, 2.75) is 19.5 Å². The Labute approximate surface area is 106 Å². The summed E-state index contributed by atoms with van der Waals surface area (Å²) in [6.45, 7) is 1.95. The third-order valence-electron chi connectivity index (χ3n) is 2.09. The van der Waals surface area contributed by atoms with Crippen LogP contribution in [0.5, 0.6) is 0 Å². The minimum absolute atomic E-state index is 0.359. The summed E-state index contributed by atoms with van der Waals surface area (Å²) in [5, 5.41) is 2.21. The Morgan fingerprint density at radius 1 is 1.21 bits per heavy atom. The molecule has 1 rings (SSSR count). The molecule has 0 unspecified atom stereocenters. The molecule has 0 saturated carbocycles. The number of halogens is 3. The molecule has 0 aliphatic heterocycles.